The molecule has 1 N–H and O–H groups in total. The normalized spacial score (nSPS) is 15.0. The SMILES string of the molecule is COc1ccc(C(CCN2CCC(Nc3nc4ccccc4n3CCOC(C)C)CC2)CN(C)C(=O)c2ccccc2)cc1. The van der Waals surface area contributed by atoms with Crippen molar-refractivity contribution in [3.8, 4) is 5.75 Å². The monoisotopic (exact) mass is 597 g/mol. The molecule has 8 heteroatoms. The Morgan fingerprint density at radius 3 is 2.39 bits per heavy atom. The molecular weight excluding hydrogens is 550 g/mol. The van der Waals surface area contributed by atoms with Crippen molar-refractivity contribution in [3.05, 3.63) is 90.0 Å². The van der Waals surface area contributed by atoms with Gasteiger partial charge in [0, 0.05) is 50.7 Å². The van der Waals surface area contributed by atoms with Gasteiger partial charge in [-0.1, -0.05) is 42.5 Å². The molecule has 0 spiro atoms. The number of aromatic nitrogens is 2. The van der Waals surface area contributed by atoms with Crippen molar-refractivity contribution in [1.82, 2.24) is 19.4 Å². The zero-order valence-electron chi connectivity index (χ0n) is 26.6. The van der Waals surface area contributed by atoms with Gasteiger partial charge in [-0.2, -0.15) is 0 Å². The van der Waals surface area contributed by atoms with Crippen LogP contribution in [0.3, 0.4) is 0 Å². The van der Waals surface area contributed by atoms with Crippen LogP contribution in [0.25, 0.3) is 11.0 Å². The quantitative estimate of drug-likeness (QED) is 0.184. The summed E-state index contributed by atoms with van der Waals surface area (Å²) in [6.45, 7) is 9.28. The van der Waals surface area contributed by atoms with E-state index in [1.54, 1.807) is 7.11 Å². The number of hydrogen-bond acceptors (Lipinski definition) is 6. The first-order valence-electron chi connectivity index (χ1n) is 15.9. The molecule has 8 nitrogen and oxygen atoms in total. The lowest BCUT2D eigenvalue weighted by molar-refractivity contribution is 0.0735. The molecule has 2 heterocycles. The third-order valence-electron chi connectivity index (χ3n) is 8.58. The summed E-state index contributed by atoms with van der Waals surface area (Å²) in [5.74, 6) is 2.06. The molecule has 1 atom stereocenters. The maximum atomic E-state index is 13.1. The van der Waals surface area contributed by atoms with Gasteiger partial charge in [0.1, 0.15) is 5.75 Å². The van der Waals surface area contributed by atoms with E-state index in [0.29, 0.717) is 19.2 Å². The number of fused-ring (bicyclic) bond motifs is 1. The lowest BCUT2D eigenvalue weighted by atomic mass is 9.94. The second kappa shape index (κ2) is 15.2. The standard InChI is InChI=1S/C36H47N5O3/c1-27(2)44-25-24-41-34-13-9-8-12-33(34)38-36(41)37-31-19-22-40(23-20-31)21-18-30(28-14-16-32(43-4)17-15-28)26-39(3)35(42)29-10-6-5-7-11-29/h5-17,27,30-31H,18-26H2,1-4H3,(H,37,38). The summed E-state index contributed by atoms with van der Waals surface area (Å²) >= 11 is 0. The van der Waals surface area contributed by atoms with Gasteiger partial charge in [-0.05, 0) is 81.6 Å². The summed E-state index contributed by atoms with van der Waals surface area (Å²) in [5.41, 5.74) is 4.10. The van der Waals surface area contributed by atoms with Crippen LogP contribution in [-0.2, 0) is 11.3 Å². The van der Waals surface area contributed by atoms with Crippen molar-refractivity contribution in [1.29, 1.82) is 0 Å². The van der Waals surface area contributed by atoms with Crippen molar-refractivity contribution in [2.45, 2.75) is 57.7 Å². The number of para-hydroxylation sites is 2. The van der Waals surface area contributed by atoms with E-state index in [-0.39, 0.29) is 17.9 Å². The van der Waals surface area contributed by atoms with Crippen LogP contribution >= 0.6 is 0 Å². The highest BCUT2D eigenvalue weighted by Crippen LogP contribution is 2.26. The third-order valence-corrected chi connectivity index (χ3v) is 8.58. The highest BCUT2D eigenvalue weighted by Gasteiger charge is 2.24. The average Bonchev–Trinajstić information content (AvgIpc) is 3.40. The van der Waals surface area contributed by atoms with Crippen molar-refractivity contribution in [2.75, 3.05) is 52.3 Å². The van der Waals surface area contributed by atoms with Gasteiger partial charge in [-0.15, -0.1) is 0 Å². The third kappa shape index (κ3) is 8.18. The Morgan fingerprint density at radius 1 is 0.977 bits per heavy atom. The number of methoxy groups -OCH3 is 1. The fourth-order valence-electron chi connectivity index (χ4n) is 6.07. The lowest BCUT2D eigenvalue weighted by Gasteiger charge is -2.34. The van der Waals surface area contributed by atoms with Gasteiger partial charge in [-0.3, -0.25) is 4.79 Å². The summed E-state index contributed by atoms with van der Waals surface area (Å²) < 4.78 is 13.5. The molecular formula is C36H47N5O3. The number of benzene rings is 3. The van der Waals surface area contributed by atoms with Crippen LogP contribution in [0.2, 0.25) is 0 Å². The van der Waals surface area contributed by atoms with Gasteiger partial charge >= 0.3 is 0 Å². The fourth-order valence-corrected chi connectivity index (χ4v) is 6.07. The molecule has 1 aromatic heterocycles. The number of nitrogens with zero attached hydrogens (tertiary/aromatic N) is 4. The average molecular weight is 598 g/mol. The number of carbonyl (C=O) groups excluding carboxylic acids is 1. The predicted octanol–water partition coefficient (Wildman–Crippen LogP) is 6.29. The molecule has 3 aromatic carbocycles. The zero-order chi connectivity index (χ0) is 30.9. The van der Waals surface area contributed by atoms with Crippen LogP contribution in [-0.4, -0.2) is 84.3 Å². The first-order valence-corrected chi connectivity index (χ1v) is 15.9. The largest absolute Gasteiger partial charge is 0.497 e. The highest BCUT2D eigenvalue weighted by atomic mass is 16.5. The van der Waals surface area contributed by atoms with E-state index in [0.717, 1.165) is 73.7 Å². The number of imidazole rings is 1. The van der Waals surface area contributed by atoms with Crippen molar-refractivity contribution >= 4 is 22.9 Å². The van der Waals surface area contributed by atoms with Crippen LogP contribution in [0.5, 0.6) is 5.75 Å². The van der Waals surface area contributed by atoms with E-state index in [1.807, 2.05) is 60.5 Å². The molecule has 0 saturated carbocycles. The van der Waals surface area contributed by atoms with Crippen LogP contribution in [0.15, 0.2) is 78.9 Å². The van der Waals surface area contributed by atoms with Crippen LogP contribution in [0, 0.1) is 0 Å². The predicted molar refractivity (Wildman–Crippen MR) is 178 cm³/mol. The van der Waals surface area contributed by atoms with E-state index < -0.39 is 0 Å². The number of anilines is 1. The van der Waals surface area contributed by atoms with Gasteiger partial charge in [0.25, 0.3) is 5.91 Å². The molecule has 0 aliphatic carbocycles. The zero-order valence-corrected chi connectivity index (χ0v) is 26.6. The molecule has 5 rings (SSSR count). The number of hydrogen-bond donors (Lipinski definition) is 1. The summed E-state index contributed by atoms with van der Waals surface area (Å²) in [4.78, 5) is 22.5. The molecule has 0 radical (unpaired) electrons. The molecule has 1 fully saturated rings. The number of amides is 1. The highest BCUT2D eigenvalue weighted by molar-refractivity contribution is 5.94. The minimum atomic E-state index is 0.0535. The number of ether oxygens (including phenoxy) is 2. The number of piperidine rings is 1. The Labute approximate surface area is 262 Å². The maximum absolute atomic E-state index is 13.1. The minimum absolute atomic E-state index is 0.0535. The van der Waals surface area contributed by atoms with Gasteiger partial charge in [0.2, 0.25) is 5.95 Å². The van der Waals surface area contributed by atoms with Gasteiger partial charge in [0.15, 0.2) is 0 Å². The Bertz CT molecular complexity index is 1460. The summed E-state index contributed by atoms with van der Waals surface area (Å²) in [6, 6.07) is 26.5. The molecule has 4 aromatic rings. The van der Waals surface area contributed by atoms with Crippen molar-refractivity contribution < 1.29 is 14.3 Å². The first kappa shape index (κ1) is 31.5. The molecule has 1 saturated heterocycles. The van der Waals surface area contributed by atoms with E-state index in [9.17, 15) is 4.79 Å². The number of carbonyl (C=O) groups is 1. The molecule has 1 aliphatic heterocycles. The Balaban J connectivity index is 1.19. The molecule has 234 valence electrons. The first-order chi connectivity index (χ1) is 21.4. The van der Waals surface area contributed by atoms with Crippen molar-refractivity contribution in [2.24, 2.45) is 0 Å². The maximum Gasteiger partial charge on any atom is 0.253 e. The summed E-state index contributed by atoms with van der Waals surface area (Å²) in [7, 11) is 3.60. The number of likely N-dealkylation sites (N-methyl/N-ethyl adjacent to an activating group) is 1. The Morgan fingerprint density at radius 2 is 1.68 bits per heavy atom. The molecule has 1 amide bonds. The Hall–Kier alpha value is -3.88. The molecule has 44 heavy (non-hydrogen) atoms. The summed E-state index contributed by atoms with van der Waals surface area (Å²) in [5, 5.41) is 3.77. The fraction of sp³-hybridized carbons (Fsp3) is 0.444. The Kier molecular flexibility index (Phi) is 10.9. The minimum Gasteiger partial charge on any atom is -0.497 e. The summed E-state index contributed by atoms with van der Waals surface area (Å²) in [6.07, 6.45) is 3.30. The molecule has 1 unspecified atom stereocenters. The number of likely N-dealkylation sites (tertiary alicyclic amines) is 1. The topological polar surface area (TPSA) is 71.9 Å². The second-order valence-electron chi connectivity index (χ2n) is 12.1. The van der Waals surface area contributed by atoms with Crippen LogP contribution in [0.4, 0.5) is 5.95 Å². The number of nitrogens with one attached hydrogen (secondary N) is 1. The van der Waals surface area contributed by atoms with Gasteiger partial charge < -0.3 is 29.2 Å². The van der Waals surface area contributed by atoms with Crippen molar-refractivity contribution in [3.63, 3.8) is 0 Å². The lowest BCUT2D eigenvalue weighted by Crippen LogP contribution is -2.40. The van der Waals surface area contributed by atoms with E-state index in [1.165, 1.54) is 5.56 Å². The van der Waals surface area contributed by atoms with E-state index in [4.69, 9.17) is 14.5 Å². The van der Waals surface area contributed by atoms with Gasteiger partial charge in [-0.25, -0.2) is 4.98 Å². The van der Waals surface area contributed by atoms with Crippen LogP contribution in [0.1, 0.15) is 54.9 Å². The van der Waals surface area contributed by atoms with E-state index in [2.05, 4.69) is 59.0 Å². The second-order valence-corrected chi connectivity index (χ2v) is 12.1. The smallest absolute Gasteiger partial charge is 0.253 e. The van der Waals surface area contributed by atoms with E-state index >= 15 is 0 Å². The van der Waals surface area contributed by atoms with Crippen LogP contribution < -0.4 is 10.1 Å². The van der Waals surface area contributed by atoms with Gasteiger partial charge in [0.05, 0.1) is 30.9 Å². The number of rotatable bonds is 14. The molecule has 0 bridgehead atoms. The molecule has 1 aliphatic rings.